The molecule has 2 aromatic rings. The number of benzene rings is 2. The van der Waals surface area contributed by atoms with E-state index >= 15 is 0 Å². The summed E-state index contributed by atoms with van der Waals surface area (Å²) < 4.78 is 0. The van der Waals surface area contributed by atoms with Gasteiger partial charge in [0.15, 0.2) is 0 Å². The zero-order valence-corrected chi connectivity index (χ0v) is 18.0. The highest BCUT2D eigenvalue weighted by molar-refractivity contribution is 6.42. The lowest BCUT2D eigenvalue weighted by Crippen LogP contribution is -2.45. The van der Waals surface area contributed by atoms with Crippen LogP contribution in [0.3, 0.4) is 0 Å². The minimum Gasteiger partial charge on any atom is -0.346 e. The monoisotopic (exact) mass is 421 g/mol. The molecule has 2 amide bonds. The molecule has 0 saturated carbocycles. The third-order valence-electron chi connectivity index (χ3n) is 4.66. The maximum absolute atomic E-state index is 12.4. The maximum atomic E-state index is 12.4. The van der Waals surface area contributed by atoms with Crippen LogP contribution in [0.25, 0.3) is 0 Å². The van der Waals surface area contributed by atoms with Crippen LogP contribution < -0.4 is 10.6 Å². The van der Waals surface area contributed by atoms with Crippen molar-refractivity contribution in [3.63, 3.8) is 0 Å². The van der Waals surface area contributed by atoms with E-state index in [0.29, 0.717) is 16.6 Å². The Bertz CT molecular complexity index is 850. The van der Waals surface area contributed by atoms with Crippen LogP contribution in [0.2, 0.25) is 10.0 Å². The van der Waals surface area contributed by atoms with E-state index in [1.807, 2.05) is 56.1 Å². The van der Waals surface area contributed by atoms with Gasteiger partial charge in [-0.1, -0.05) is 53.5 Å². The predicted octanol–water partition coefficient (Wildman–Crippen LogP) is 4.19. The van der Waals surface area contributed by atoms with E-state index in [-0.39, 0.29) is 18.4 Å². The van der Waals surface area contributed by atoms with Crippen molar-refractivity contribution in [3.8, 4) is 0 Å². The standard InChI is InChI=1S/C21H25Cl2N3O2/c1-13-7-5-8-14(2)20(13)25-18(27)11-24-21(28)15(3)26(4)12-16-9-6-10-17(22)19(16)23/h5-10,15H,11-12H2,1-4H3,(H,24,28)(H,25,27)/t15-/m1/s1. The number of amides is 2. The predicted molar refractivity (Wildman–Crippen MR) is 115 cm³/mol. The number of carbonyl (C=O) groups excluding carboxylic acids is 2. The molecular weight excluding hydrogens is 397 g/mol. The van der Waals surface area contributed by atoms with Gasteiger partial charge >= 0.3 is 0 Å². The molecule has 0 heterocycles. The van der Waals surface area contributed by atoms with Crippen molar-refractivity contribution in [1.82, 2.24) is 10.2 Å². The van der Waals surface area contributed by atoms with Crippen LogP contribution in [0.4, 0.5) is 5.69 Å². The summed E-state index contributed by atoms with van der Waals surface area (Å²) in [6.07, 6.45) is 0. The van der Waals surface area contributed by atoms with Crippen molar-refractivity contribution in [3.05, 3.63) is 63.1 Å². The molecule has 2 rings (SSSR count). The van der Waals surface area contributed by atoms with Gasteiger partial charge in [0.1, 0.15) is 0 Å². The summed E-state index contributed by atoms with van der Waals surface area (Å²) in [4.78, 5) is 26.5. The average molecular weight is 422 g/mol. The Morgan fingerprint density at radius 1 is 1.07 bits per heavy atom. The summed E-state index contributed by atoms with van der Waals surface area (Å²) in [5.41, 5.74) is 3.57. The van der Waals surface area contributed by atoms with Gasteiger partial charge in [-0.25, -0.2) is 0 Å². The quantitative estimate of drug-likeness (QED) is 0.704. The Hall–Kier alpha value is -2.08. The lowest BCUT2D eigenvalue weighted by atomic mass is 10.1. The van der Waals surface area contributed by atoms with Gasteiger partial charge in [-0.3, -0.25) is 14.5 Å². The van der Waals surface area contributed by atoms with Crippen LogP contribution in [0.1, 0.15) is 23.6 Å². The van der Waals surface area contributed by atoms with Crippen LogP contribution in [0, 0.1) is 13.8 Å². The molecule has 28 heavy (non-hydrogen) atoms. The number of nitrogens with zero attached hydrogens (tertiary/aromatic N) is 1. The number of hydrogen-bond acceptors (Lipinski definition) is 3. The first-order valence-corrected chi connectivity index (χ1v) is 9.73. The van der Waals surface area contributed by atoms with E-state index < -0.39 is 6.04 Å². The number of carbonyl (C=O) groups is 2. The summed E-state index contributed by atoms with van der Waals surface area (Å²) in [5.74, 6) is -0.504. The van der Waals surface area contributed by atoms with Crippen molar-refractivity contribution >= 4 is 40.7 Å². The molecule has 0 fully saturated rings. The molecule has 2 aromatic carbocycles. The van der Waals surface area contributed by atoms with Crippen molar-refractivity contribution in [2.45, 2.75) is 33.4 Å². The zero-order chi connectivity index (χ0) is 20.8. The van der Waals surface area contributed by atoms with Gasteiger partial charge in [0, 0.05) is 12.2 Å². The lowest BCUT2D eigenvalue weighted by Gasteiger charge is -2.24. The van der Waals surface area contributed by atoms with Gasteiger partial charge in [-0.05, 0) is 50.6 Å². The first kappa shape index (κ1) is 22.2. The topological polar surface area (TPSA) is 61.4 Å². The molecule has 2 N–H and O–H groups in total. The number of nitrogens with one attached hydrogen (secondary N) is 2. The Balaban J connectivity index is 1.89. The summed E-state index contributed by atoms with van der Waals surface area (Å²) >= 11 is 12.3. The highest BCUT2D eigenvalue weighted by Crippen LogP contribution is 2.26. The normalized spacial score (nSPS) is 12.0. The summed E-state index contributed by atoms with van der Waals surface area (Å²) in [6, 6.07) is 10.8. The number of rotatable bonds is 7. The van der Waals surface area contributed by atoms with E-state index in [9.17, 15) is 9.59 Å². The van der Waals surface area contributed by atoms with Crippen molar-refractivity contribution in [1.29, 1.82) is 0 Å². The molecule has 1 atom stereocenters. The summed E-state index contributed by atoms with van der Waals surface area (Å²) in [5, 5.41) is 6.50. The smallest absolute Gasteiger partial charge is 0.243 e. The van der Waals surface area contributed by atoms with Crippen LogP contribution in [-0.4, -0.2) is 36.3 Å². The van der Waals surface area contributed by atoms with Crippen molar-refractivity contribution in [2.24, 2.45) is 0 Å². The average Bonchev–Trinajstić information content (AvgIpc) is 2.65. The number of aryl methyl sites for hydroxylation is 2. The van der Waals surface area contributed by atoms with Crippen LogP contribution in [-0.2, 0) is 16.1 Å². The molecule has 0 aliphatic rings. The molecule has 0 unspecified atom stereocenters. The second kappa shape index (κ2) is 9.92. The highest BCUT2D eigenvalue weighted by Gasteiger charge is 2.20. The van der Waals surface area contributed by atoms with Crippen molar-refractivity contribution < 1.29 is 9.59 Å². The molecule has 0 spiro atoms. The van der Waals surface area contributed by atoms with E-state index in [1.54, 1.807) is 13.0 Å². The fourth-order valence-electron chi connectivity index (χ4n) is 2.79. The van der Waals surface area contributed by atoms with E-state index in [2.05, 4.69) is 10.6 Å². The molecule has 0 aliphatic carbocycles. The molecule has 0 saturated heterocycles. The van der Waals surface area contributed by atoms with Gasteiger partial charge in [0.2, 0.25) is 11.8 Å². The zero-order valence-electron chi connectivity index (χ0n) is 16.5. The molecule has 150 valence electrons. The number of para-hydroxylation sites is 1. The number of anilines is 1. The van der Waals surface area contributed by atoms with E-state index in [4.69, 9.17) is 23.2 Å². The van der Waals surface area contributed by atoms with E-state index in [1.165, 1.54) is 0 Å². The minimum atomic E-state index is -0.442. The Labute approximate surface area is 176 Å². The summed E-state index contributed by atoms with van der Waals surface area (Å²) in [6.45, 7) is 6.00. The largest absolute Gasteiger partial charge is 0.346 e. The Morgan fingerprint density at radius 3 is 2.32 bits per heavy atom. The molecular formula is C21H25Cl2N3O2. The van der Waals surface area contributed by atoms with Gasteiger partial charge < -0.3 is 10.6 Å². The van der Waals surface area contributed by atoms with Gasteiger partial charge in [-0.15, -0.1) is 0 Å². The molecule has 0 bridgehead atoms. The second-order valence-corrected chi connectivity index (χ2v) is 7.62. The molecule has 7 heteroatoms. The maximum Gasteiger partial charge on any atom is 0.243 e. The van der Waals surface area contributed by atoms with Crippen LogP contribution in [0.15, 0.2) is 36.4 Å². The molecule has 0 radical (unpaired) electrons. The Morgan fingerprint density at radius 2 is 1.68 bits per heavy atom. The van der Waals surface area contributed by atoms with Gasteiger partial charge in [-0.2, -0.15) is 0 Å². The number of likely N-dealkylation sites (N-methyl/N-ethyl adjacent to an activating group) is 1. The third-order valence-corrected chi connectivity index (χ3v) is 5.52. The fraction of sp³-hybridized carbons (Fsp3) is 0.333. The SMILES string of the molecule is Cc1cccc(C)c1NC(=O)CNC(=O)[C@@H](C)N(C)Cc1cccc(Cl)c1Cl. The van der Waals surface area contributed by atoms with Crippen LogP contribution in [0.5, 0.6) is 0 Å². The Kier molecular flexibility index (Phi) is 7.87. The second-order valence-electron chi connectivity index (χ2n) is 6.84. The van der Waals surface area contributed by atoms with Crippen molar-refractivity contribution in [2.75, 3.05) is 18.9 Å². The highest BCUT2D eigenvalue weighted by atomic mass is 35.5. The molecule has 0 aliphatic heterocycles. The fourth-order valence-corrected chi connectivity index (χ4v) is 3.17. The first-order valence-electron chi connectivity index (χ1n) is 8.97. The summed E-state index contributed by atoms with van der Waals surface area (Å²) in [7, 11) is 1.82. The van der Waals surface area contributed by atoms with Gasteiger partial charge in [0.05, 0.1) is 22.6 Å². The minimum absolute atomic E-state index is 0.0945. The third kappa shape index (κ3) is 5.71. The first-order chi connectivity index (χ1) is 13.2. The molecule has 5 nitrogen and oxygen atoms in total. The van der Waals surface area contributed by atoms with Gasteiger partial charge in [0.25, 0.3) is 0 Å². The number of hydrogen-bond donors (Lipinski definition) is 2. The number of halogens is 2. The van der Waals surface area contributed by atoms with Crippen LogP contribution >= 0.6 is 23.2 Å². The van der Waals surface area contributed by atoms with E-state index in [0.717, 1.165) is 22.4 Å². The lowest BCUT2D eigenvalue weighted by molar-refractivity contribution is -0.127. The molecule has 0 aromatic heterocycles.